The number of rotatable bonds is 7. The minimum Gasteiger partial charge on any atom is -0.336 e. The fourth-order valence-electron chi connectivity index (χ4n) is 3.13. The highest BCUT2D eigenvalue weighted by Gasteiger charge is 2.34. The molecule has 1 amide bonds. The number of aromatic nitrogens is 1. The van der Waals surface area contributed by atoms with Crippen LogP contribution in [0.25, 0.3) is 0 Å². The third-order valence-corrected chi connectivity index (χ3v) is 4.71. The van der Waals surface area contributed by atoms with E-state index in [0.29, 0.717) is 19.5 Å². The van der Waals surface area contributed by atoms with Crippen molar-refractivity contribution in [1.82, 2.24) is 9.47 Å². The van der Waals surface area contributed by atoms with Gasteiger partial charge in [-0.25, -0.2) is 0 Å². The topological polar surface area (TPSA) is 42.3 Å². The molecule has 0 radical (unpaired) electrons. The molecular weight excluding hydrogens is 393 g/mol. The molecular formula is C23H21F3N2O2. The van der Waals surface area contributed by atoms with Crippen LogP contribution in [0.5, 0.6) is 0 Å². The molecule has 7 heteroatoms. The zero-order valence-corrected chi connectivity index (χ0v) is 16.2. The number of carbonyl (C=O) groups excluding carboxylic acids is 1. The normalized spacial score (nSPS) is 11.3. The van der Waals surface area contributed by atoms with E-state index in [4.69, 9.17) is 0 Å². The van der Waals surface area contributed by atoms with E-state index in [1.807, 2.05) is 60.7 Å². The van der Waals surface area contributed by atoms with Crippen LogP contribution in [0.4, 0.5) is 13.2 Å². The van der Waals surface area contributed by atoms with Gasteiger partial charge in [-0.3, -0.25) is 9.59 Å². The molecule has 30 heavy (non-hydrogen) atoms. The van der Waals surface area contributed by atoms with E-state index in [-0.39, 0.29) is 0 Å². The highest BCUT2D eigenvalue weighted by molar-refractivity contribution is 5.76. The number of alkyl halides is 3. The van der Waals surface area contributed by atoms with Gasteiger partial charge in [0.25, 0.3) is 5.56 Å². The number of halogens is 3. The number of hydrogen-bond donors (Lipinski definition) is 0. The molecule has 1 aromatic heterocycles. The van der Waals surface area contributed by atoms with Crippen LogP contribution in [0.3, 0.4) is 0 Å². The summed E-state index contributed by atoms with van der Waals surface area (Å²) >= 11 is 0. The van der Waals surface area contributed by atoms with Crippen LogP contribution in [0, 0.1) is 0 Å². The zero-order valence-electron chi connectivity index (χ0n) is 16.2. The number of amides is 1. The molecule has 4 nitrogen and oxygen atoms in total. The van der Waals surface area contributed by atoms with Crippen molar-refractivity contribution < 1.29 is 18.0 Å². The predicted molar refractivity (Wildman–Crippen MR) is 108 cm³/mol. The van der Waals surface area contributed by atoms with Crippen LogP contribution >= 0.6 is 0 Å². The Morgan fingerprint density at radius 2 is 1.47 bits per heavy atom. The lowest BCUT2D eigenvalue weighted by molar-refractivity contribution is -0.139. The van der Waals surface area contributed by atoms with Crippen molar-refractivity contribution in [2.45, 2.75) is 25.7 Å². The van der Waals surface area contributed by atoms with Crippen LogP contribution < -0.4 is 5.56 Å². The van der Waals surface area contributed by atoms with Gasteiger partial charge in [-0.1, -0.05) is 60.7 Å². The number of nitrogens with zero attached hydrogens (tertiary/aromatic N) is 2. The molecule has 0 aliphatic carbocycles. The maximum absolute atomic E-state index is 13.0. The van der Waals surface area contributed by atoms with E-state index < -0.39 is 29.8 Å². The first-order valence-electron chi connectivity index (χ1n) is 9.47. The Hall–Kier alpha value is -3.35. The van der Waals surface area contributed by atoms with E-state index in [2.05, 4.69) is 0 Å². The fraction of sp³-hybridized carbons (Fsp3) is 0.217. The molecule has 0 atom stereocenters. The summed E-state index contributed by atoms with van der Waals surface area (Å²) in [5, 5.41) is 0. The van der Waals surface area contributed by atoms with E-state index in [0.717, 1.165) is 27.8 Å². The molecule has 0 saturated heterocycles. The number of benzene rings is 2. The summed E-state index contributed by atoms with van der Waals surface area (Å²) in [7, 11) is 0. The summed E-state index contributed by atoms with van der Waals surface area (Å²) in [6.45, 7) is 0.232. The summed E-state index contributed by atoms with van der Waals surface area (Å²) in [6, 6.07) is 20.8. The fourth-order valence-corrected chi connectivity index (χ4v) is 3.13. The molecule has 0 spiro atoms. The van der Waals surface area contributed by atoms with Crippen molar-refractivity contribution in [3.63, 3.8) is 0 Å². The van der Waals surface area contributed by atoms with Crippen molar-refractivity contribution >= 4 is 5.91 Å². The lowest BCUT2D eigenvalue weighted by Crippen LogP contribution is -2.38. The first-order valence-corrected chi connectivity index (χ1v) is 9.47. The van der Waals surface area contributed by atoms with Crippen molar-refractivity contribution in [2.24, 2.45) is 0 Å². The predicted octanol–water partition coefficient (Wildman–Crippen LogP) is 4.14. The average Bonchev–Trinajstić information content (AvgIpc) is 2.73. The lowest BCUT2D eigenvalue weighted by atomic mass is 10.1. The summed E-state index contributed by atoms with van der Waals surface area (Å²) < 4.78 is 39.8. The molecule has 1 heterocycles. The highest BCUT2D eigenvalue weighted by atomic mass is 19.4. The second-order valence-corrected chi connectivity index (χ2v) is 6.89. The van der Waals surface area contributed by atoms with Crippen molar-refractivity contribution in [3.05, 3.63) is 106 Å². The molecule has 0 fully saturated rings. The Balaban J connectivity index is 1.80. The smallest absolute Gasteiger partial charge is 0.336 e. The van der Waals surface area contributed by atoms with E-state index in [1.54, 1.807) is 4.90 Å². The second kappa shape index (κ2) is 9.43. The Kier molecular flexibility index (Phi) is 6.72. The molecule has 3 aromatic rings. The van der Waals surface area contributed by atoms with Gasteiger partial charge >= 0.3 is 6.18 Å². The molecule has 156 valence electrons. The Bertz CT molecular complexity index is 1030. The molecule has 0 aliphatic heterocycles. The SMILES string of the molecule is O=C(Cn1cccc(C(F)(F)F)c1=O)N(CCc1ccccc1)Cc1ccccc1. The minimum atomic E-state index is -4.76. The zero-order chi connectivity index (χ0) is 21.6. The van der Waals surface area contributed by atoms with E-state index in [1.165, 1.54) is 6.20 Å². The van der Waals surface area contributed by atoms with Crippen molar-refractivity contribution in [2.75, 3.05) is 6.54 Å². The Morgan fingerprint density at radius 1 is 0.867 bits per heavy atom. The van der Waals surface area contributed by atoms with E-state index >= 15 is 0 Å². The standard InChI is InChI=1S/C23H21F3N2O2/c24-23(25,26)20-12-7-14-28(22(20)30)17-21(29)27(16-19-10-5-2-6-11-19)15-13-18-8-3-1-4-9-18/h1-12,14H,13,15-17H2. The summed E-state index contributed by atoms with van der Waals surface area (Å²) in [6.07, 6.45) is -2.97. The molecule has 2 aromatic carbocycles. The molecule has 3 rings (SSSR count). The third-order valence-electron chi connectivity index (χ3n) is 4.71. The van der Waals surface area contributed by atoms with Crippen LogP contribution in [0.2, 0.25) is 0 Å². The van der Waals surface area contributed by atoms with Gasteiger partial charge in [0.1, 0.15) is 12.1 Å². The lowest BCUT2D eigenvalue weighted by Gasteiger charge is -2.24. The van der Waals surface area contributed by atoms with Crippen LogP contribution in [-0.2, 0) is 30.5 Å². The molecule has 0 saturated carbocycles. The molecule has 0 N–H and O–H groups in total. The van der Waals surface area contributed by atoms with Crippen molar-refractivity contribution in [1.29, 1.82) is 0 Å². The van der Waals surface area contributed by atoms with Gasteiger partial charge in [-0.05, 0) is 29.7 Å². The summed E-state index contributed by atoms with van der Waals surface area (Å²) in [5.74, 6) is -0.420. The quantitative estimate of drug-likeness (QED) is 0.583. The number of hydrogen-bond acceptors (Lipinski definition) is 2. The first-order chi connectivity index (χ1) is 14.3. The largest absolute Gasteiger partial charge is 0.421 e. The Morgan fingerprint density at radius 3 is 2.07 bits per heavy atom. The van der Waals surface area contributed by atoms with Gasteiger partial charge in [0.2, 0.25) is 5.91 Å². The first kappa shape index (κ1) is 21.4. The minimum absolute atomic E-state index is 0.306. The Labute approximate surface area is 172 Å². The van der Waals surface area contributed by atoms with Crippen LogP contribution in [0.15, 0.2) is 83.8 Å². The summed E-state index contributed by atoms with van der Waals surface area (Å²) in [4.78, 5) is 26.7. The number of carbonyl (C=O) groups is 1. The molecule has 0 bridgehead atoms. The molecule has 0 aliphatic rings. The number of pyridine rings is 1. The van der Waals surface area contributed by atoms with Crippen LogP contribution in [0.1, 0.15) is 16.7 Å². The van der Waals surface area contributed by atoms with Gasteiger partial charge < -0.3 is 9.47 Å². The molecule has 0 unspecified atom stereocenters. The van der Waals surface area contributed by atoms with Gasteiger partial charge in [0.15, 0.2) is 0 Å². The maximum atomic E-state index is 13.0. The highest BCUT2D eigenvalue weighted by Crippen LogP contribution is 2.26. The summed E-state index contributed by atoms with van der Waals surface area (Å²) in [5.41, 5.74) is -0.562. The van der Waals surface area contributed by atoms with Gasteiger partial charge in [-0.15, -0.1) is 0 Å². The van der Waals surface area contributed by atoms with Gasteiger partial charge in [-0.2, -0.15) is 13.2 Å². The maximum Gasteiger partial charge on any atom is 0.421 e. The van der Waals surface area contributed by atoms with Gasteiger partial charge in [0.05, 0.1) is 0 Å². The van der Waals surface area contributed by atoms with Gasteiger partial charge in [0, 0.05) is 19.3 Å². The van der Waals surface area contributed by atoms with E-state index in [9.17, 15) is 22.8 Å². The second-order valence-electron chi connectivity index (χ2n) is 6.89. The third kappa shape index (κ3) is 5.59. The van der Waals surface area contributed by atoms with Crippen LogP contribution in [-0.4, -0.2) is 21.9 Å². The van der Waals surface area contributed by atoms with Crippen molar-refractivity contribution in [3.8, 4) is 0 Å². The average molecular weight is 414 g/mol. The monoisotopic (exact) mass is 414 g/mol.